The molecule has 0 spiro atoms. The second kappa shape index (κ2) is 5.61. The van der Waals surface area contributed by atoms with Crippen molar-refractivity contribution in [1.29, 1.82) is 0 Å². The van der Waals surface area contributed by atoms with Gasteiger partial charge >= 0.3 is 5.69 Å². The zero-order chi connectivity index (χ0) is 15.1. The van der Waals surface area contributed by atoms with E-state index in [2.05, 4.69) is 20.9 Å². The van der Waals surface area contributed by atoms with Crippen molar-refractivity contribution in [2.45, 2.75) is 38.3 Å². The van der Waals surface area contributed by atoms with Crippen LogP contribution in [0, 0.1) is 5.92 Å². The van der Waals surface area contributed by atoms with E-state index in [1.165, 1.54) is 6.20 Å². The molecule has 1 aromatic heterocycles. The van der Waals surface area contributed by atoms with Gasteiger partial charge in [0, 0.05) is 12.1 Å². The summed E-state index contributed by atoms with van der Waals surface area (Å²) < 4.78 is 21.4. The Bertz CT molecular complexity index is 613. The van der Waals surface area contributed by atoms with E-state index in [1.807, 2.05) is 6.92 Å². The Morgan fingerprint density at radius 3 is 2.75 bits per heavy atom. The average Bonchev–Trinajstić information content (AvgIpc) is 2.68. The molecule has 1 aliphatic rings. The number of halogens is 3. The van der Waals surface area contributed by atoms with Crippen molar-refractivity contribution >= 4 is 27.5 Å². The van der Waals surface area contributed by atoms with Gasteiger partial charge in [-0.15, -0.1) is 11.6 Å². The predicted octanol–water partition coefficient (Wildman–Crippen LogP) is 2.19. The second-order valence-electron chi connectivity index (χ2n) is 4.94. The molecule has 1 N–H and O–H groups in total. The lowest BCUT2D eigenvalue weighted by Gasteiger charge is -2.29. The van der Waals surface area contributed by atoms with E-state index in [4.69, 9.17) is 16.3 Å². The molecule has 4 atom stereocenters. The van der Waals surface area contributed by atoms with E-state index in [9.17, 15) is 14.0 Å². The van der Waals surface area contributed by atoms with E-state index >= 15 is 0 Å². The predicted molar refractivity (Wildman–Crippen MR) is 76.9 cm³/mol. The minimum atomic E-state index is -1.38. The number of nitrogens with one attached hydrogen (secondary N) is 1. The molecular formula is C12H15BrClFN2O3. The van der Waals surface area contributed by atoms with E-state index in [0.717, 1.165) is 4.57 Å². The fourth-order valence-corrected chi connectivity index (χ4v) is 3.28. The van der Waals surface area contributed by atoms with Crippen LogP contribution in [0.5, 0.6) is 0 Å². The van der Waals surface area contributed by atoms with Gasteiger partial charge in [0.25, 0.3) is 5.56 Å². The quantitative estimate of drug-likeness (QED) is 0.831. The third-order valence-electron chi connectivity index (χ3n) is 3.96. The van der Waals surface area contributed by atoms with E-state index in [1.54, 1.807) is 6.92 Å². The molecule has 1 saturated heterocycles. The van der Waals surface area contributed by atoms with Gasteiger partial charge in [-0.1, -0.05) is 13.8 Å². The third kappa shape index (κ3) is 2.35. The van der Waals surface area contributed by atoms with Gasteiger partial charge in [0.1, 0.15) is 0 Å². The number of nitrogens with zero attached hydrogens (tertiary/aromatic N) is 1. The summed E-state index contributed by atoms with van der Waals surface area (Å²) in [4.78, 5) is 25.3. The van der Waals surface area contributed by atoms with Gasteiger partial charge in [-0.2, -0.15) is 0 Å². The van der Waals surface area contributed by atoms with Crippen molar-refractivity contribution in [3.8, 4) is 0 Å². The summed E-state index contributed by atoms with van der Waals surface area (Å²) >= 11 is 8.95. The second-order valence-corrected chi connectivity index (χ2v) is 6.06. The molecule has 0 aliphatic carbocycles. The number of ether oxygens (including phenoxy) is 1. The third-order valence-corrected chi connectivity index (χ3v) is 4.98. The van der Waals surface area contributed by atoms with Crippen LogP contribution in [-0.4, -0.2) is 27.2 Å². The zero-order valence-corrected chi connectivity index (χ0v) is 13.4. The molecule has 2 rings (SSSR count). The first-order valence-electron chi connectivity index (χ1n) is 6.25. The fourth-order valence-electron chi connectivity index (χ4n) is 2.46. The Balaban J connectivity index is 2.47. The lowest BCUT2D eigenvalue weighted by atomic mass is 9.87. The summed E-state index contributed by atoms with van der Waals surface area (Å²) in [6.07, 6.45) is -0.701. The Hall–Kier alpha value is -0.660. The molecule has 2 heterocycles. The molecule has 0 aromatic carbocycles. The number of hydrogen-bond acceptors (Lipinski definition) is 3. The normalized spacial score (nSPS) is 33.5. The summed E-state index contributed by atoms with van der Waals surface area (Å²) in [6.45, 7) is 3.57. The molecule has 0 radical (unpaired) electrons. The Morgan fingerprint density at radius 2 is 2.25 bits per heavy atom. The summed E-state index contributed by atoms with van der Waals surface area (Å²) in [5, 5.41) is 0. The van der Waals surface area contributed by atoms with Gasteiger partial charge in [0.05, 0.1) is 16.0 Å². The van der Waals surface area contributed by atoms with Crippen LogP contribution in [0.15, 0.2) is 20.3 Å². The molecule has 112 valence electrons. The highest BCUT2D eigenvalue weighted by Gasteiger charge is 2.52. The first kappa shape index (κ1) is 15.7. The Labute approximate surface area is 128 Å². The maximum Gasteiger partial charge on any atom is 0.330 e. The summed E-state index contributed by atoms with van der Waals surface area (Å²) in [7, 11) is 0. The highest BCUT2D eigenvalue weighted by molar-refractivity contribution is 9.10. The van der Waals surface area contributed by atoms with Crippen molar-refractivity contribution in [1.82, 2.24) is 9.55 Å². The Morgan fingerprint density at radius 1 is 1.60 bits per heavy atom. The van der Waals surface area contributed by atoms with Crippen LogP contribution in [0.25, 0.3) is 0 Å². The zero-order valence-electron chi connectivity index (χ0n) is 11.0. The molecule has 5 nitrogen and oxygen atoms in total. The van der Waals surface area contributed by atoms with Crippen LogP contribution in [0.3, 0.4) is 0 Å². The summed E-state index contributed by atoms with van der Waals surface area (Å²) in [5.41, 5.74) is -2.08. The lowest BCUT2D eigenvalue weighted by molar-refractivity contribution is -0.0789. The molecular weight excluding hydrogens is 354 g/mol. The van der Waals surface area contributed by atoms with E-state index in [0.29, 0.717) is 6.42 Å². The fraction of sp³-hybridized carbons (Fsp3) is 0.667. The highest BCUT2D eigenvalue weighted by atomic mass is 79.9. The molecule has 0 bridgehead atoms. The molecule has 1 aromatic rings. The van der Waals surface area contributed by atoms with Crippen molar-refractivity contribution < 1.29 is 9.13 Å². The Kier molecular flexibility index (Phi) is 4.41. The number of aromatic amines is 1. The van der Waals surface area contributed by atoms with Crippen LogP contribution in [0.1, 0.15) is 26.5 Å². The number of H-pyrrole nitrogens is 1. The van der Waals surface area contributed by atoms with Crippen LogP contribution in [0.2, 0.25) is 0 Å². The van der Waals surface area contributed by atoms with E-state index in [-0.39, 0.29) is 10.4 Å². The summed E-state index contributed by atoms with van der Waals surface area (Å²) in [5.74, 6) is -0.312. The number of hydrogen-bond donors (Lipinski definition) is 1. The lowest BCUT2D eigenvalue weighted by Crippen LogP contribution is -2.37. The molecule has 20 heavy (non-hydrogen) atoms. The first-order chi connectivity index (χ1) is 9.36. The van der Waals surface area contributed by atoms with Gasteiger partial charge < -0.3 is 4.74 Å². The molecule has 8 heteroatoms. The summed E-state index contributed by atoms with van der Waals surface area (Å²) in [6, 6.07) is 0. The van der Waals surface area contributed by atoms with Gasteiger partial charge in [-0.25, -0.2) is 9.18 Å². The van der Waals surface area contributed by atoms with Gasteiger partial charge in [0.15, 0.2) is 12.4 Å². The average molecular weight is 370 g/mol. The minimum Gasteiger partial charge on any atom is -0.347 e. The number of alkyl halides is 2. The molecule has 1 fully saturated rings. The monoisotopic (exact) mass is 368 g/mol. The SMILES string of the molecule is CC[C@@]1(CCl)O[C@@H](n2cc(Br)c(=O)[nH]c2=O)[C@H](F)[C@@H]1C. The van der Waals surface area contributed by atoms with Gasteiger partial charge in [-0.3, -0.25) is 14.3 Å². The smallest absolute Gasteiger partial charge is 0.330 e. The largest absolute Gasteiger partial charge is 0.347 e. The maximum atomic E-state index is 14.5. The van der Waals surface area contributed by atoms with E-state index < -0.39 is 35.2 Å². The van der Waals surface area contributed by atoms with Crippen molar-refractivity contribution in [2.75, 3.05) is 5.88 Å². The molecule has 0 unspecified atom stereocenters. The topological polar surface area (TPSA) is 64.1 Å². The van der Waals surface area contributed by atoms with Crippen molar-refractivity contribution in [3.63, 3.8) is 0 Å². The standard InChI is InChI=1S/C12H15BrClFN2O3/c1-3-12(5-14)6(2)8(15)10(20-12)17-4-7(13)9(18)16-11(17)19/h4,6,8,10H,3,5H2,1-2H3,(H,16,18,19)/t6-,8+,10+,12-/m0/s1. The maximum absolute atomic E-state index is 14.5. The minimum absolute atomic E-state index is 0.139. The van der Waals surface area contributed by atoms with Crippen LogP contribution >= 0.6 is 27.5 Å². The highest BCUT2D eigenvalue weighted by Crippen LogP contribution is 2.45. The van der Waals surface area contributed by atoms with Gasteiger partial charge in [-0.05, 0) is 22.4 Å². The van der Waals surface area contributed by atoms with Gasteiger partial charge in [0.2, 0.25) is 0 Å². The number of rotatable bonds is 3. The first-order valence-corrected chi connectivity index (χ1v) is 7.58. The van der Waals surface area contributed by atoms with Crippen molar-refractivity contribution in [3.05, 3.63) is 31.5 Å². The van der Waals surface area contributed by atoms with Crippen LogP contribution in [-0.2, 0) is 4.74 Å². The molecule has 1 aliphatic heterocycles. The van der Waals surface area contributed by atoms with Crippen LogP contribution < -0.4 is 11.2 Å². The molecule has 0 amide bonds. The molecule has 0 saturated carbocycles. The van der Waals surface area contributed by atoms with Crippen LogP contribution in [0.4, 0.5) is 4.39 Å². The van der Waals surface area contributed by atoms with Crippen molar-refractivity contribution in [2.24, 2.45) is 5.92 Å². The number of aromatic nitrogens is 2.